The van der Waals surface area contributed by atoms with Crippen LogP contribution < -0.4 is 4.74 Å². The van der Waals surface area contributed by atoms with E-state index in [-0.39, 0.29) is 12.1 Å². The quantitative estimate of drug-likeness (QED) is 0.564. The van der Waals surface area contributed by atoms with E-state index in [1.165, 1.54) is 29.5 Å². The van der Waals surface area contributed by atoms with Crippen LogP contribution in [0.15, 0.2) is 48.5 Å². The fourth-order valence-electron chi connectivity index (χ4n) is 5.68. The third-order valence-electron chi connectivity index (χ3n) is 7.99. The number of ether oxygens (including phenoxy) is 1. The van der Waals surface area contributed by atoms with Crippen molar-refractivity contribution in [2.24, 2.45) is 0 Å². The fraction of sp³-hybridized carbons (Fsp3) is 0.519. The zero-order valence-corrected chi connectivity index (χ0v) is 21.2. The molecule has 5 rings (SSSR count). The Morgan fingerprint density at radius 1 is 1.03 bits per heavy atom. The Hall–Kier alpha value is -2.06. The lowest BCUT2D eigenvalue weighted by atomic mass is 9.87. The Labute approximate surface area is 206 Å². The molecule has 1 spiro atoms. The van der Waals surface area contributed by atoms with Crippen molar-refractivity contribution in [3.8, 4) is 5.75 Å². The van der Waals surface area contributed by atoms with Crippen molar-refractivity contribution in [2.45, 2.75) is 49.7 Å². The van der Waals surface area contributed by atoms with E-state index in [0.717, 1.165) is 12.2 Å². The summed E-state index contributed by atoms with van der Waals surface area (Å²) >= 11 is -0.998. The van der Waals surface area contributed by atoms with E-state index in [4.69, 9.17) is 4.74 Å². The molecule has 3 fully saturated rings. The summed E-state index contributed by atoms with van der Waals surface area (Å²) in [6, 6.07) is 17.0. The molecule has 2 atom stereocenters. The molecule has 0 radical (unpaired) electrons. The molecule has 3 aliphatic rings. The second-order valence-electron chi connectivity index (χ2n) is 9.91. The molecule has 34 heavy (non-hydrogen) atoms. The monoisotopic (exact) mass is 481 g/mol. The minimum atomic E-state index is -0.998. The number of hydrogen-bond donors (Lipinski definition) is 0. The van der Waals surface area contributed by atoms with Gasteiger partial charge >= 0.3 is 0 Å². The molecule has 2 aromatic rings. The number of carbonyl (C=O) groups is 1. The third-order valence-corrected chi connectivity index (χ3v) is 9.09. The third kappa shape index (κ3) is 4.35. The number of amides is 1. The standard InChI is InChI=1S/C27H35N3O3S/c1-28-25(23-10-8-22(9-11-23)21-6-7-21)30(17-14-20-4-12-24(33-2)13-5-20)26(31)27(28)15-18-29(19-16-27)34(3)32/h4-5,8-13,21,25H,6-7,14-19H2,1-3H3. The zero-order valence-electron chi connectivity index (χ0n) is 20.4. The molecular weight excluding hydrogens is 446 g/mol. The maximum atomic E-state index is 14.0. The van der Waals surface area contributed by atoms with Crippen LogP contribution in [0.2, 0.25) is 0 Å². The number of piperidine rings is 1. The van der Waals surface area contributed by atoms with Gasteiger partial charge in [-0.25, -0.2) is 0 Å². The molecule has 182 valence electrons. The molecule has 2 saturated heterocycles. The van der Waals surface area contributed by atoms with Crippen molar-refractivity contribution in [3.63, 3.8) is 0 Å². The van der Waals surface area contributed by atoms with E-state index in [1.807, 2.05) is 16.4 Å². The van der Waals surface area contributed by atoms with Gasteiger partial charge in [0.05, 0.1) is 7.11 Å². The summed E-state index contributed by atoms with van der Waals surface area (Å²) in [6.45, 7) is 2.02. The first-order valence-corrected chi connectivity index (χ1v) is 13.8. The summed E-state index contributed by atoms with van der Waals surface area (Å²) in [5.74, 6) is 1.77. The molecule has 1 amide bonds. The molecule has 1 saturated carbocycles. The highest BCUT2D eigenvalue weighted by molar-refractivity contribution is 7.88. The largest absolute Gasteiger partial charge is 0.598 e. The average Bonchev–Trinajstić information content (AvgIpc) is 3.69. The maximum absolute atomic E-state index is 14.0. The minimum absolute atomic E-state index is 0.0855. The predicted molar refractivity (Wildman–Crippen MR) is 135 cm³/mol. The SMILES string of the molecule is COc1ccc(CCN2C(=O)C3(CCN([S+](C)[O-])CC3)N(C)C2c2ccc(C3CC3)cc2)cc1. The molecule has 0 aromatic heterocycles. The van der Waals surface area contributed by atoms with Crippen LogP contribution in [0.5, 0.6) is 5.75 Å². The summed E-state index contributed by atoms with van der Waals surface area (Å²) in [6.07, 6.45) is 6.42. The van der Waals surface area contributed by atoms with Gasteiger partial charge in [-0.1, -0.05) is 36.4 Å². The number of methoxy groups -OCH3 is 1. The molecule has 2 heterocycles. The van der Waals surface area contributed by atoms with Crippen molar-refractivity contribution >= 4 is 17.3 Å². The van der Waals surface area contributed by atoms with Gasteiger partial charge in [0.2, 0.25) is 5.91 Å². The number of carbonyl (C=O) groups excluding carboxylic acids is 1. The van der Waals surface area contributed by atoms with Gasteiger partial charge in [0.1, 0.15) is 23.7 Å². The summed E-state index contributed by atoms with van der Waals surface area (Å²) in [5, 5.41) is 0. The Bertz CT molecular complexity index is 999. The highest BCUT2D eigenvalue weighted by Crippen LogP contribution is 2.46. The molecule has 2 aliphatic heterocycles. The number of benzene rings is 2. The van der Waals surface area contributed by atoms with Crippen LogP contribution in [-0.2, 0) is 22.6 Å². The number of nitrogens with zero attached hydrogens (tertiary/aromatic N) is 3. The number of likely N-dealkylation sites (N-methyl/N-ethyl adjacent to an activating group) is 1. The molecule has 7 heteroatoms. The van der Waals surface area contributed by atoms with Crippen LogP contribution in [0.25, 0.3) is 0 Å². The highest BCUT2D eigenvalue weighted by Gasteiger charge is 2.57. The van der Waals surface area contributed by atoms with Gasteiger partial charge in [-0.15, -0.1) is 4.31 Å². The van der Waals surface area contributed by atoms with E-state index in [2.05, 4.69) is 53.2 Å². The topological polar surface area (TPSA) is 59.1 Å². The lowest BCUT2D eigenvalue weighted by molar-refractivity contribution is -0.135. The predicted octanol–water partition coefficient (Wildman–Crippen LogP) is 3.72. The van der Waals surface area contributed by atoms with Crippen molar-refractivity contribution in [1.29, 1.82) is 0 Å². The van der Waals surface area contributed by atoms with Gasteiger partial charge in [0.25, 0.3) is 0 Å². The van der Waals surface area contributed by atoms with Crippen LogP contribution in [0.1, 0.15) is 54.5 Å². The van der Waals surface area contributed by atoms with E-state index in [9.17, 15) is 9.35 Å². The molecule has 1 aliphatic carbocycles. The van der Waals surface area contributed by atoms with Gasteiger partial charge in [0, 0.05) is 31.0 Å². The molecule has 2 aromatic carbocycles. The number of hydrogen-bond acceptors (Lipinski definition) is 5. The Morgan fingerprint density at radius 2 is 1.65 bits per heavy atom. The first-order chi connectivity index (χ1) is 16.4. The van der Waals surface area contributed by atoms with Crippen LogP contribution in [0, 0.1) is 0 Å². The van der Waals surface area contributed by atoms with Gasteiger partial charge in [-0.3, -0.25) is 9.69 Å². The smallest absolute Gasteiger partial charge is 0.244 e. The fourth-order valence-corrected chi connectivity index (χ4v) is 6.38. The average molecular weight is 482 g/mol. The van der Waals surface area contributed by atoms with Gasteiger partial charge in [-0.05, 0) is 73.9 Å². The van der Waals surface area contributed by atoms with Crippen LogP contribution in [0.4, 0.5) is 0 Å². The Balaban J connectivity index is 1.41. The lowest BCUT2D eigenvalue weighted by Gasteiger charge is -2.41. The molecule has 0 N–H and O–H groups in total. The lowest BCUT2D eigenvalue weighted by Crippen LogP contribution is -2.56. The van der Waals surface area contributed by atoms with E-state index in [1.54, 1.807) is 13.4 Å². The number of rotatable bonds is 7. The highest BCUT2D eigenvalue weighted by atomic mass is 32.2. The van der Waals surface area contributed by atoms with Crippen molar-refractivity contribution < 1.29 is 14.1 Å². The van der Waals surface area contributed by atoms with Gasteiger partial charge in [0.15, 0.2) is 0 Å². The normalized spacial score (nSPS) is 24.1. The second kappa shape index (κ2) is 9.53. The molecular formula is C27H35N3O3S. The first kappa shape index (κ1) is 23.7. The van der Waals surface area contributed by atoms with Gasteiger partial charge < -0.3 is 14.2 Å². The molecule has 2 unspecified atom stereocenters. The Kier molecular flexibility index (Phi) is 6.64. The second-order valence-corrected chi connectivity index (χ2v) is 11.3. The summed E-state index contributed by atoms with van der Waals surface area (Å²) in [7, 11) is 3.77. The van der Waals surface area contributed by atoms with E-state index >= 15 is 0 Å². The molecule has 0 bridgehead atoms. The minimum Gasteiger partial charge on any atom is -0.598 e. The summed E-state index contributed by atoms with van der Waals surface area (Å²) in [4.78, 5) is 18.4. The van der Waals surface area contributed by atoms with E-state index < -0.39 is 16.9 Å². The zero-order chi connectivity index (χ0) is 23.9. The van der Waals surface area contributed by atoms with Crippen LogP contribution in [-0.4, -0.2) is 70.2 Å². The van der Waals surface area contributed by atoms with Crippen molar-refractivity contribution in [2.75, 3.05) is 40.0 Å². The summed E-state index contributed by atoms with van der Waals surface area (Å²) in [5.41, 5.74) is 3.24. The Morgan fingerprint density at radius 3 is 2.21 bits per heavy atom. The van der Waals surface area contributed by atoms with Crippen molar-refractivity contribution in [3.05, 3.63) is 65.2 Å². The van der Waals surface area contributed by atoms with Gasteiger partial charge in [-0.2, -0.15) is 0 Å². The first-order valence-electron chi connectivity index (χ1n) is 12.3. The maximum Gasteiger partial charge on any atom is 0.244 e. The summed E-state index contributed by atoms with van der Waals surface area (Å²) < 4.78 is 19.3. The van der Waals surface area contributed by atoms with E-state index in [0.29, 0.717) is 38.4 Å². The van der Waals surface area contributed by atoms with Crippen LogP contribution >= 0.6 is 0 Å². The molecule has 6 nitrogen and oxygen atoms in total. The van der Waals surface area contributed by atoms with Crippen LogP contribution in [0.3, 0.4) is 0 Å². The van der Waals surface area contributed by atoms with Crippen molar-refractivity contribution in [1.82, 2.24) is 14.1 Å².